The lowest BCUT2D eigenvalue weighted by Crippen LogP contribution is -1.94. The van der Waals surface area contributed by atoms with Gasteiger partial charge in [0.1, 0.15) is 0 Å². The average Bonchev–Trinajstić information content (AvgIpc) is 2.32. The lowest BCUT2D eigenvalue weighted by Gasteiger charge is -1.93. The van der Waals surface area contributed by atoms with Gasteiger partial charge in [0, 0.05) is 13.2 Å². The minimum atomic E-state index is 0.612. The fraction of sp³-hybridized carbons (Fsp3) is 0.667. The number of anilines is 1. The van der Waals surface area contributed by atoms with Crippen molar-refractivity contribution >= 4 is 5.95 Å². The molecule has 0 amide bonds. The van der Waals surface area contributed by atoms with Crippen molar-refractivity contribution in [2.45, 2.75) is 32.6 Å². The van der Waals surface area contributed by atoms with Crippen molar-refractivity contribution in [2.24, 2.45) is 7.05 Å². The molecule has 0 aliphatic rings. The SMILES string of the molecule is CCCCCc1cn(C)c(N)n1. The second-order valence-electron chi connectivity index (χ2n) is 3.16. The summed E-state index contributed by atoms with van der Waals surface area (Å²) in [6.45, 7) is 2.20. The summed E-state index contributed by atoms with van der Waals surface area (Å²) in [5.74, 6) is 0.612. The maximum absolute atomic E-state index is 5.60. The number of unbranched alkanes of at least 4 members (excludes halogenated alkanes) is 2. The highest BCUT2D eigenvalue weighted by molar-refractivity contribution is 5.21. The van der Waals surface area contributed by atoms with E-state index in [0.717, 1.165) is 12.1 Å². The summed E-state index contributed by atoms with van der Waals surface area (Å²) in [4.78, 5) is 4.22. The molecule has 0 saturated carbocycles. The Morgan fingerprint density at radius 1 is 1.50 bits per heavy atom. The Morgan fingerprint density at radius 2 is 2.25 bits per heavy atom. The van der Waals surface area contributed by atoms with Crippen molar-refractivity contribution in [3.63, 3.8) is 0 Å². The number of imidazole rings is 1. The topological polar surface area (TPSA) is 43.8 Å². The Kier molecular flexibility index (Phi) is 3.14. The van der Waals surface area contributed by atoms with Gasteiger partial charge in [-0.25, -0.2) is 4.98 Å². The zero-order chi connectivity index (χ0) is 8.97. The molecule has 0 unspecified atom stereocenters. The molecular formula is C9H17N3. The summed E-state index contributed by atoms with van der Waals surface area (Å²) >= 11 is 0. The maximum Gasteiger partial charge on any atom is 0.200 e. The highest BCUT2D eigenvalue weighted by atomic mass is 15.1. The molecule has 2 N–H and O–H groups in total. The lowest BCUT2D eigenvalue weighted by atomic mass is 10.2. The van der Waals surface area contributed by atoms with Crippen molar-refractivity contribution in [3.8, 4) is 0 Å². The van der Waals surface area contributed by atoms with Gasteiger partial charge >= 0.3 is 0 Å². The van der Waals surface area contributed by atoms with E-state index < -0.39 is 0 Å². The van der Waals surface area contributed by atoms with Crippen molar-refractivity contribution in [1.29, 1.82) is 0 Å². The molecule has 0 atom stereocenters. The molecule has 12 heavy (non-hydrogen) atoms. The van der Waals surface area contributed by atoms with E-state index >= 15 is 0 Å². The predicted octanol–water partition coefficient (Wildman–Crippen LogP) is 1.73. The summed E-state index contributed by atoms with van der Waals surface area (Å²) in [6, 6.07) is 0. The number of hydrogen-bond acceptors (Lipinski definition) is 2. The summed E-state index contributed by atoms with van der Waals surface area (Å²) < 4.78 is 1.86. The van der Waals surface area contributed by atoms with Crippen LogP contribution in [0.1, 0.15) is 31.9 Å². The summed E-state index contributed by atoms with van der Waals surface area (Å²) in [5, 5.41) is 0. The number of nitrogens with two attached hydrogens (primary N) is 1. The largest absolute Gasteiger partial charge is 0.369 e. The van der Waals surface area contributed by atoms with E-state index in [1.54, 1.807) is 0 Å². The number of aryl methyl sites for hydroxylation is 2. The third-order valence-corrected chi connectivity index (χ3v) is 2.00. The van der Waals surface area contributed by atoms with Crippen molar-refractivity contribution < 1.29 is 0 Å². The molecule has 3 nitrogen and oxygen atoms in total. The van der Waals surface area contributed by atoms with Crippen LogP contribution in [0.15, 0.2) is 6.20 Å². The van der Waals surface area contributed by atoms with E-state index in [1.807, 2.05) is 17.8 Å². The first-order valence-electron chi connectivity index (χ1n) is 4.51. The minimum Gasteiger partial charge on any atom is -0.369 e. The highest BCUT2D eigenvalue weighted by Gasteiger charge is 1.99. The standard InChI is InChI=1S/C9H17N3/c1-3-4-5-6-8-7-12(2)9(10)11-8/h7H,3-6H2,1-2H3,(H2,10,11). The Hall–Kier alpha value is -0.990. The van der Waals surface area contributed by atoms with Crippen LogP contribution in [0.3, 0.4) is 0 Å². The zero-order valence-electron chi connectivity index (χ0n) is 7.88. The van der Waals surface area contributed by atoms with E-state index in [9.17, 15) is 0 Å². The van der Waals surface area contributed by atoms with Gasteiger partial charge in [0.25, 0.3) is 0 Å². The van der Waals surface area contributed by atoms with Crippen molar-refractivity contribution in [2.75, 3.05) is 5.73 Å². The summed E-state index contributed by atoms with van der Waals surface area (Å²) in [6.07, 6.45) is 6.80. The van der Waals surface area contributed by atoms with Gasteiger partial charge in [0.05, 0.1) is 5.69 Å². The monoisotopic (exact) mass is 167 g/mol. The molecule has 0 aromatic carbocycles. The van der Waals surface area contributed by atoms with Crippen molar-refractivity contribution in [1.82, 2.24) is 9.55 Å². The van der Waals surface area contributed by atoms with Crippen LogP contribution in [0.5, 0.6) is 0 Å². The minimum absolute atomic E-state index is 0.612. The van der Waals surface area contributed by atoms with Gasteiger partial charge in [-0.1, -0.05) is 19.8 Å². The van der Waals surface area contributed by atoms with E-state index in [-0.39, 0.29) is 0 Å². The van der Waals surface area contributed by atoms with Gasteiger partial charge in [-0.2, -0.15) is 0 Å². The molecule has 3 heteroatoms. The van der Waals surface area contributed by atoms with Crippen LogP contribution < -0.4 is 5.73 Å². The third-order valence-electron chi connectivity index (χ3n) is 2.00. The van der Waals surface area contributed by atoms with Gasteiger partial charge in [-0.15, -0.1) is 0 Å². The summed E-state index contributed by atoms with van der Waals surface area (Å²) in [7, 11) is 1.92. The number of hydrogen-bond donors (Lipinski definition) is 1. The molecule has 0 bridgehead atoms. The Bertz CT molecular complexity index is 220. The number of nitrogens with zero attached hydrogens (tertiary/aromatic N) is 2. The number of nitrogen functional groups attached to an aromatic ring is 1. The summed E-state index contributed by atoms with van der Waals surface area (Å²) in [5.41, 5.74) is 6.71. The molecule has 1 aromatic rings. The van der Waals surface area contributed by atoms with Crippen LogP contribution in [-0.2, 0) is 13.5 Å². The molecule has 0 spiro atoms. The smallest absolute Gasteiger partial charge is 0.200 e. The third kappa shape index (κ3) is 2.26. The van der Waals surface area contributed by atoms with Crippen LogP contribution in [0.4, 0.5) is 5.95 Å². The molecule has 0 aliphatic carbocycles. The molecule has 0 aliphatic heterocycles. The van der Waals surface area contributed by atoms with Crippen LogP contribution in [-0.4, -0.2) is 9.55 Å². The number of aromatic nitrogens is 2. The predicted molar refractivity (Wildman–Crippen MR) is 50.8 cm³/mol. The molecule has 0 radical (unpaired) electrons. The molecular weight excluding hydrogens is 150 g/mol. The second-order valence-corrected chi connectivity index (χ2v) is 3.16. The average molecular weight is 167 g/mol. The molecule has 1 rings (SSSR count). The Balaban J connectivity index is 2.42. The molecule has 0 saturated heterocycles. The van der Waals surface area contributed by atoms with Crippen molar-refractivity contribution in [3.05, 3.63) is 11.9 Å². The van der Waals surface area contributed by atoms with Crippen LogP contribution in [0.25, 0.3) is 0 Å². The highest BCUT2D eigenvalue weighted by Crippen LogP contribution is 2.07. The Morgan fingerprint density at radius 3 is 2.75 bits per heavy atom. The first-order valence-corrected chi connectivity index (χ1v) is 4.51. The van der Waals surface area contributed by atoms with Crippen LogP contribution in [0, 0.1) is 0 Å². The van der Waals surface area contributed by atoms with Gasteiger partial charge in [0.2, 0.25) is 0 Å². The normalized spacial score (nSPS) is 10.5. The first kappa shape index (κ1) is 9.10. The first-order chi connectivity index (χ1) is 5.74. The van der Waals surface area contributed by atoms with Crippen LogP contribution >= 0.6 is 0 Å². The zero-order valence-corrected chi connectivity index (χ0v) is 7.88. The lowest BCUT2D eigenvalue weighted by molar-refractivity contribution is 0.709. The number of rotatable bonds is 4. The molecule has 1 aromatic heterocycles. The van der Waals surface area contributed by atoms with E-state index in [0.29, 0.717) is 5.95 Å². The van der Waals surface area contributed by atoms with Crippen LogP contribution in [0.2, 0.25) is 0 Å². The van der Waals surface area contributed by atoms with E-state index in [1.165, 1.54) is 19.3 Å². The van der Waals surface area contributed by atoms with Gasteiger partial charge in [0.15, 0.2) is 5.95 Å². The fourth-order valence-electron chi connectivity index (χ4n) is 1.22. The quantitative estimate of drug-likeness (QED) is 0.694. The molecule has 1 heterocycles. The molecule has 68 valence electrons. The fourth-order valence-corrected chi connectivity index (χ4v) is 1.22. The second kappa shape index (κ2) is 4.14. The van der Waals surface area contributed by atoms with E-state index in [2.05, 4.69) is 11.9 Å². The van der Waals surface area contributed by atoms with Gasteiger partial charge in [-0.05, 0) is 12.8 Å². The molecule has 0 fully saturated rings. The maximum atomic E-state index is 5.60. The van der Waals surface area contributed by atoms with E-state index in [4.69, 9.17) is 5.73 Å². The Labute approximate surface area is 73.6 Å². The van der Waals surface area contributed by atoms with Gasteiger partial charge < -0.3 is 10.3 Å². The van der Waals surface area contributed by atoms with Gasteiger partial charge in [-0.3, -0.25) is 0 Å².